The Morgan fingerprint density at radius 2 is 2.15 bits per heavy atom. The lowest BCUT2D eigenvalue weighted by molar-refractivity contribution is 0.326. The number of alkyl halides is 1. The molecule has 1 rings (SSSR count). The molecule has 72 valence electrons. The van der Waals surface area contributed by atoms with Gasteiger partial charge in [0.15, 0.2) is 0 Å². The highest BCUT2D eigenvalue weighted by Crippen LogP contribution is 2.24. The maximum atomic E-state index is 13.2. The maximum Gasteiger partial charge on any atom is 0.137 e. The van der Waals surface area contributed by atoms with Gasteiger partial charge in [-0.2, -0.15) is 0 Å². The van der Waals surface area contributed by atoms with Crippen molar-refractivity contribution in [3.63, 3.8) is 0 Å². The molecule has 0 saturated carbocycles. The van der Waals surface area contributed by atoms with Gasteiger partial charge in [0, 0.05) is 0 Å². The van der Waals surface area contributed by atoms with Crippen LogP contribution >= 0.6 is 15.9 Å². The van der Waals surface area contributed by atoms with E-state index in [1.807, 2.05) is 0 Å². The van der Waals surface area contributed by atoms with Crippen LogP contribution in [0.2, 0.25) is 0 Å². The van der Waals surface area contributed by atoms with E-state index >= 15 is 0 Å². The van der Waals surface area contributed by atoms with E-state index in [4.69, 9.17) is 5.73 Å². The Balaban J connectivity index is 2.84. The van der Waals surface area contributed by atoms with Gasteiger partial charge in [0.25, 0.3) is 0 Å². The zero-order chi connectivity index (χ0) is 9.84. The molecule has 4 heteroatoms. The number of rotatable bonds is 3. The van der Waals surface area contributed by atoms with Gasteiger partial charge >= 0.3 is 0 Å². The summed E-state index contributed by atoms with van der Waals surface area (Å²) in [5.74, 6) is -0.447. The van der Waals surface area contributed by atoms with Crippen molar-refractivity contribution in [3.8, 4) is 0 Å². The summed E-state index contributed by atoms with van der Waals surface area (Å²) in [6.45, 7) is 0.263. The van der Waals surface area contributed by atoms with Gasteiger partial charge in [0.1, 0.15) is 12.0 Å². The van der Waals surface area contributed by atoms with E-state index in [0.717, 1.165) is 0 Å². The van der Waals surface area contributed by atoms with E-state index in [1.165, 1.54) is 12.1 Å². The third kappa shape index (κ3) is 2.74. The molecule has 1 aromatic rings. The van der Waals surface area contributed by atoms with Gasteiger partial charge in [-0.1, -0.05) is 6.07 Å². The molecule has 0 fully saturated rings. The zero-order valence-electron chi connectivity index (χ0n) is 6.93. The molecular weight excluding hydrogens is 240 g/mol. The molecule has 0 aliphatic carbocycles. The Labute approximate surface area is 84.1 Å². The predicted octanol–water partition coefficient (Wildman–Crippen LogP) is 2.95. The SMILES string of the molecule is NCCC(F)c1ccc(Br)c(F)c1. The topological polar surface area (TPSA) is 26.0 Å². The first-order valence-corrected chi connectivity index (χ1v) is 4.73. The summed E-state index contributed by atoms with van der Waals surface area (Å²) in [5.41, 5.74) is 5.53. The second-order valence-corrected chi connectivity index (χ2v) is 3.57. The average Bonchev–Trinajstić information content (AvgIpc) is 2.10. The maximum absolute atomic E-state index is 13.2. The van der Waals surface area contributed by atoms with Gasteiger partial charge in [-0.05, 0) is 46.6 Å². The first kappa shape index (κ1) is 10.6. The molecule has 2 N–H and O–H groups in total. The molecule has 0 amide bonds. The molecule has 0 radical (unpaired) electrons. The van der Waals surface area contributed by atoms with Crippen LogP contribution in [0.5, 0.6) is 0 Å². The number of nitrogens with two attached hydrogens (primary N) is 1. The van der Waals surface area contributed by atoms with Gasteiger partial charge in [0.2, 0.25) is 0 Å². The summed E-state index contributed by atoms with van der Waals surface area (Å²) in [5, 5.41) is 0. The smallest absolute Gasteiger partial charge is 0.137 e. The minimum Gasteiger partial charge on any atom is -0.330 e. The Morgan fingerprint density at radius 3 is 2.69 bits per heavy atom. The highest BCUT2D eigenvalue weighted by molar-refractivity contribution is 9.10. The number of benzene rings is 1. The van der Waals surface area contributed by atoms with E-state index < -0.39 is 12.0 Å². The summed E-state index contributed by atoms with van der Waals surface area (Å²) in [6, 6.07) is 4.23. The normalized spacial score (nSPS) is 12.9. The lowest BCUT2D eigenvalue weighted by atomic mass is 10.1. The fourth-order valence-corrected chi connectivity index (χ4v) is 1.27. The summed E-state index contributed by atoms with van der Waals surface area (Å²) in [7, 11) is 0. The molecule has 0 saturated heterocycles. The van der Waals surface area contributed by atoms with Crippen molar-refractivity contribution in [3.05, 3.63) is 34.1 Å². The molecular formula is C9H10BrF2N. The largest absolute Gasteiger partial charge is 0.330 e. The lowest BCUT2D eigenvalue weighted by Crippen LogP contribution is -2.03. The van der Waals surface area contributed by atoms with Crippen LogP contribution in [-0.2, 0) is 0 Å². The van der Waals surface area contributed by atoms with Crippen LogP contribution in [0.15, 0.2) is 22.7 Å². The van der Waals surface area contributed by atoms with Crippen molar-refractivity contribution in [1.82, 2.24) is 0 Å². The van der Waals surface area contributed by atoms with E-state index in [9.17, 15) is 8.78 Å². The molecule has 0 spiro atoms. The number of hydrogen-bond acceptors (Lipinski definition) is 1. The Morgan fingerprint density at radius 1 is 1.46 bits per heavy atom. The van der Waals surface area contributed by atoms with Crippen LogP contribution in [0.4, 0.5) is 8.78 Å². The second-order valence-electron chi connectivity index (χ2n) is 2.72. The zero-order valence-corrected chi connectivity index (χ0v) is 8.52. The van der Waals surface area contributed by atoms with Gasteiger partial charge in [-0.3, -0.25) is 0 Å². The molecule has 0 heterocycles. The Hall–Kier alpha value is -0.480. The molecule has 1 atom stereocenters. The number of hydrogen-bond donors (Lipinski definition) is 1. The summed E-state index contributed by atoms with van der Waals surface area (Å²) in [4.78, 5) is 0. The first-order chi connectivity index (χ1) is 6.15. The fraction of sp³-hybridized carbons (Fsp3) is 0.333. The lowest BCUT2D eigenvalue weighted by Gasteiger charge is -2.07. The minimum atomic E-state index is -1.17. The highest BCUT2D eigenvalue weighted by atomic mass is 79.9. The summed E-state index contributed by atoms with van der Waals surface area (Å²) in [6.07, 6.45) is -0.950. The van der Waals surface area contributed by atoms with Crippen LogP contribution in [0.25, 0.3) is 0 Å². The van der Waals surface area contributed by atoms with Crippen molar-refractivity contribution in [2.45, 2.75) is 12.6 Å². The van der Waals surface area contributed by atoms with Crippen LogP contribution in [0.1, 0.15) is 18.2 Å². The van der Waals surface area contributed by atoms with E-state index in [2.05, 4.69) is 15.9 Å². The molecule has 13 heavy (non-hydrogen) atoms. The Kier molecular flexibility index (Phi) is 3.81. The van der Waals surface area contributed by atoms with Crippen LogP contribution in [0, 0.1) is 5.82 Å². The molecule has 0 bridgehead atoms. The summed E-state index contributed by atoms with van der Waals surface area (Å²) < 4.78 is 26.5. The van der Waals surface area contributed by atoms with Gasteiger partial charge < -0.3 is 5.73 Å². The van der Waals surface area contributed by atoms with Crippen molar-refractivity contribution < 1.29 is 8.78 Å². The molecule has 1 nitrogen and oxygen atoms in total. The molecule has 0 aromatic heterocycles. The average molecular weight is 250 g/mol. The first-order valence-electron chi connectivity index (χ1n) is 3.94. The highest BCUT2D eigenvalue weighted by Gasteiger charge is 2.10. The van der Waals surface area contributed by atoms with E-state index in [1.54, 1.807) is 6.07 Å². The molecule has 0 aliphatic heterocycles. The van der Waals surface area contributed by atoms with E-state index in [-0.39, 0.29) is 13.0 Å². The third-order valence-corrected chi connectivity index (χ3v) is 2.37. The predicted molar refractivity (Wildman–Crippen MR) is 51.6 cm³/mol. The monoisotopic (exact) mass is 249 g/mol. The number of halogens is 3. The molecule has 1 aromatic carbocycles. The minimum absolute atomic E-state index is 0.223. The fourth-order valence-electron chi connectivity index (χ4n) is 1.02. The van der Waals surface area contributed by atoms with Gasteiger partial charge in [0.05, 0.1) is 4.47 Å². The van der Waals surface area contributed by atoms with Crippen molar-refractivity contribution in [2.75, 3.05) is 6.54 Å². The van der Waals surface area contributed by atoms with Gasteiger partial charge in [-0.15, -0.1) is 0 Å². The van der Waals surface area contributed by atoms with Crippen molar-refractivity contribution in [1.29, 1.82) is 0 Å². The van der Waals surface area contributed by atoms with Crippen molar-refractivity contribution >= 4 is 15.9 Å². The Bertz CT molecular complexity index is 291. The van der Waals surface area contributed by atoms with Crippen LogP contribution in [0.3, 0.4) is 0 Å². The van der Waals surface area contributed by atoms with Crippen LogP contribution < -0.4 is 5.73 Å². The van der Waals surface area contributed by atoms with Crippen LogP contribution in [-0.4, -0.2) is 6.54 Å². The quantitative estimate of drug-likeness (QED) is 0.876. The summed E-state index contributed by atoms with van der Waals surface area (Å²) >= 11 is 3.00. The molecule has 1 unspecified atom stereocenters. The van der Waals surface area contributed by atoms with Crippen molar-refractivity contribution in [2.24, 2.45) is 5.73 Å². The van der Waals surface area contributed by atoms with Gasteiger partial charge in [-0.25, -0.2) is 8.78 Å². The second kappa shape index (κ2) is 4.67. The standard InChI is InChI=1S/C9H10BrF2N/c10-7-2-1-6(5-9(7)12)8(11)3-4-13/h1-2,5,8H,3-4,13H2. The van der Waals surface area contributed by atoms with E-state index in [0.29, 0.717) is 10.0 Å². The molecule has 0 aliphatic rings. The third-order valence-electron chi connectivity index (χ3n) is 1.73.